The third-order valence-corrected chi connectivity index (χ3v) is 3.02. The molecule has 0 fully saturated rings. The molecule has 8 heteroatoms. The lowest BCUT2D eigenvalue weighted by atomic mass is 10.3. The number of rotatable bonds is 5. The molecule has 0 aliphatic rings. The first-order chi connectivity index (χ1) is 9.78. The first kappa shape index (κ1) is 12.5. The van der Waals surface area contributed by atoms with Crippen LogP contribution in [0.4, 0.5) is 0 Å². The summed E-state index contributed by atoms with van der Waals surface area (Å²) in [5, 5.41) is 12.3. The summed E-state index contributed by atoms with van der Waals surface area (Å²) in [5.41, 5.74) is 6.81. The van der Waals surface area contributed by atoms with E-state index < -0.39 is 0 Å². The molecule has 0 atom stereocenters. The lowest BCUT2D eigenvalue weighted by molar-refractivity contribution is 0.480. The predicted molar refractivity (Wildman–Crippen MR) is 72.2 cm³/mol. The van der Waals surface area contributed by atoms with E-state index in [0.717, 1.165) is 5.69 Å². The maximum absolute atomic E-state index is 12.1. The van der Waals surface area contributed by atoms with Gasteiger partial charge < -0.3 is 5.73 Å². The van der Waals surface area contributed by atoms with Crippen LogP contribution in [0.1, 0.15) is 5.69 Å². The number of aryl methyl sites for hydroxylation is 2. The molecule has 20 heavy (non-hydrogen) atoms. The van der Waals surface area contributed by atoms with Crippen molar-refractivity contribution in [3.63, 3.8) is 0 Å². The molecule has 0 amide bonds. The summed E-state index contributed by atoms with van der Waals surface area (Å²) in [6.07, 6.45) is 4.25. The smallest absolute Gasteiger partial charge is 0.330 e. The van der Waals surface area contributed by atoms with Crippen molar-refractivity contribution in [2.75, 3.05) is 6.54 Å². The van der Waals surface area contributed by atoms with Crippen molar-refractivity contribution in [1.29, 1.82) is 0 Å². The van der Waals surface area contributed by atoms with E-state index in [-0.39, 0.29) is 5.69 Å². The van der Waals surface area contributed by atoms with Crippen LogP contribution in [0.3, 0.4) is 0 Å². The summed E-state index contributed by atoms with van der Waals surface area (Å²) in [6, 6.07) is 5.45. The highest BCUT2D eigenvalue weighted by molar-refractivity contribution is 5.35. The summed E-state index contributed by atoms with van der Waals surface area (Å²) in [5.74, 6) is 0. The fourth-order valence-electron chi connectivity index (χ4n) is 2.02. The molecule has 0 aliphatic heterocycles. The van der Waals surface area contributed by atoms with Gasteiger partial charge in [0, 0.05) is 18.8 Å². The van der Waals surface area contributed by atoms with Gasteiger partial charge in [-0.25, -0.2) is 9.48 Å². The molecule has 0 saturated heterocycles. The minimum Gasteiger partial charge on any atom is -0.330 e. The quantitative estimate of drug-likeness (QED) is 0.662. The molecular formula is C12H15N7O. The number of hydrogen-bond donors (Lipinski definition) is 1. The second-order valence-corrected chi connectivity index (χ2v) is 4.45. The summed E-state index contributed by atoms with van der Waals surface area (Å²) in [7, 11) is 0. The lowest BCUT2D eigenvalue weighted by Gasteiger charge is -1.98. The molecule has 0 bridgehead atoms. The van der Waals surface area contributed by atoms with Crippen molar-refractivity contribution in [3.8, 4) is 0 Å². The van der Waals surface area contributed by atoms with E-state index in [0.29, 0.717) is 31.7 Å². The van der Waals surface area contributed by atoms with Gasteiger partial charge in [0.15, 0.2) is 5.65 Å². The summed E-state index contributed by atoms with van der Waals surface area (Å²) < 4.78 is 4.64. The van der Waals surface area contributed by atoms with Crippen LogP contribution >= 0.6 is 0 Å². The van der Waals surface area contributed by atoms with Crippen molar-refractivity contribution in [3.05, 3.63) is 46.8 Å². The SMILES string of the molecule is NCCc1cn(CCn2nc3ccccn3c2=O)nn1. The molecule has 0 unspecified atom stereocenters. The normalized spacial score (nSPS) is 11.2. The third-order valence-electron chi connectivity index (χ3n) is 3.02. The maximum atomic E-state index is 12.1. The number of fused-ring (bicyclic) bond motifs is 1. The van der Waals surface area contributed by atoms with Gasteiger partial charge in [-0.2, -0.15) is 0 Å². The van der Waals surface area contributed by atoms with Gasteiger partial charge in [0.05, 0.1) is 18.8 Å². The van der Waals surface area contributed by atoms with Crippen molar-refractivity contribution in [1.82, 2.24) is 29.2 Å². The van der Waals surface area contributed by atoms with E-state index in [9.17, 15) is 4.79 Å². The Morgan fingerprint density at radius 1 is 1.25 bits per heavy atom. The van der Waals surface area contributed by atoms with Gasteiger partial charge in [0.25, 0.3) is 0 Å². The van der Waals surface area contributed by atoms with Crippen LogP contribution in [0.15, 0.2) is 35.4 Å². The monoisotopic (exact) mass is 273 g/mol. The van der Waals surface area contributed by atoms with Crippen molar-refractivity contribution in [2.24, 2.45) is 5.73 Å². The van der Waals surface area contributed by atoms with Crippen molar-refractivity contribution < 1.29 is 0 Å². The number of nitrogens with zero attached hydrogens (tertiary/aromatic N) is 6. The van der Waals surface area contributed by atoms with E-state index in [2.05, 4.69) is 15.4 Å². The van der Waals surface area contributed by atoms with Gasteiger partial charge in [-0.3, -0.25) is 9.08 Å². The average Bonchev–Trinajstić information content (AvgIpc) is 3.03. The molecule has 104 valence electrons. The van der Waals surface area contributed by atoms with Crippen LogP contribution in [0.25, 0.3) is 5.65 Å². The van der Waals surface area contributed by atoms with Crippen LogP contribution in [0.2, 0.25) is 0 Å². The Hall–Kier alpha value is -2.48. The van der Waals surface area contributed by atoms with Crippen LogP contribution in [0, 0.1) is 0 Å². The minimum atomic E-state index is -0.150. The molecule has 2 N–H and O–H groups in total. The molecule has 0 aromatic carbocycles. The Morgan fingerprint density at radius 3 is 2.95 bits per heavy atom. The van der Waals surface area contributed by atoms with Crippen LogP contribution in [0.5, 0.6) is 0 Å². The van der Waals surface area contributed by atoms with Crippen LogP contribution < -0.4 is 11.4 Å². The Balaban J connectivity index is 1.76. The molecule has 3 aromatic rings. The molecule has 0 radical (unpaired) electrons. The number of pyridine rings is 1. The first-order valence-corrected chi connectivity index (χ1v) is 6.41. The molecule has 0 saturated carbocycles. The van der Waals surface area contributed by atoms with Crippen LogP contribution in [-0.4, -0.2) is 35.7 Å². The Bertz CT molecular complexity index is 769. The van der Waals surface area contributed by atoms with E-state index in [4.69, 9.17) is 5.73 Å². The Morgan fingerprint density at radius 2 is 2.15 bits per heavy atom. The predicted octanol–water partition coefficient (Wildman–Crippen LogP) is -0.711. The van der Waals surface area contributed by atoms with E-state index in [1.54, 1.807) is 23.0 Å². The lowest BCUT2D eigenvalue weighted by Crippen LogP contribution is -2.23. The standard InChI is InChI=1S/C12H15N7O/c13-5-4-10-9-17(16-14-10)7-8-19-12(20)18-6-2-1-3-11(18)15-19/h1-3,6,9H,4-5,7-8,13H2. The van der Waals surface area contributed by atoms with E-state index in [1.165, 1.54) is 9.08 Å². The van der Waals surface area contributed by atoms with Gasteiger partial charge in [-0.15, -0.1) is 10.2 Å². The number of nitrogens with two attached hydrogens (primary N) is 1. The van der Waals surface area contributed by atoms with Crippen molar-refractivity contribution >= 4 is 5.65 Å². The molecule has 3 heterocycles. The molecule has 3 rings (SSSR count). The van der Waals surface area contributed by atoms with Crippen molar-refractivity contribution in [2.45, 2.75) is 19.5 Å². The van der Waals surface area contributed by atoms with E-state index >= 15 is 0 Å². The summed E-state index contributed by atoms with van der Waals surface area (Å²) >= 11 is 0. The molecule has 0 spiro atoms. The minimum absolute atomic E-state index is 0.150. The Kier molecular flexibility index (Phi) is 3.30. The molecule has 8 nitrogen and oxygen atoms in total. The average molecular weight is 273 g/mol. The second kappa shape index (κ2) is 5.25. The zero-order valence-electron chi connectivity index (χ0n) is 10.9. The van der Waals surface area contributed by atoms with Gasteiger partial charge in [-0.1, -0.05) is 11.3 Å². The van der Waals surface area contributed by atoms with E-state index in [1.807, 2.05) is 12.3 Å². The topological polar surface area (TPSA) is 96.0 Å². The fourth-order valence-corrected chi connectivity index (χ4v) is 2.02. The highest BCUT2D eigenvalue weighted by Gasteiger charge is 2.06. The zero-order valence-corrected chi connectivity index (χ0v) is 10.9. The largest absolute Gasteiger partial charge is 0.350 e. The van der Waals surface area contributed by atoms with Gasteiger partial charge >= 0.3 is 5.69 Å². The molecule has 3 aromatic heterocycles. The fraction of sp³-hybridized carbons (Fsp3) is 0.333. The van der Waals surface area contributed by atoms with Gasteiger partial charge in [0.2, 0.25) is 0 Å². The third kappa shape index (κ3) is 2.32. The molecule has 0 aliphatic carbocycles. The van der Waals surface area contributed by atoms with Gasteiger partial charge in [-0.05, 0) is 18.7 Å². The van der Waals surface area contributed by atoms with Crippen LogP contribution in [-0.2, 0) is 19.5 Å². The first-order valence-electron chi connectivity index (χ1n) is 6.41. The maximum Gasteiger partial charge on any atom is 0.350 e. The number of aromatic nitrogens is 6. The highest BCUT2D eigenvalue weighted by Crippen LogP contribution is 1.97. The number of hydrogen-bond acceptors (Lipinski definition) is 5. The van der Waals surface area contributed by atoms with Gasteiger partial charge in [0.1, 0.15) is 0 Å². The molecular weight excluding hydrogens is 258 g/mol. The summed E-state index contributed by atoms with van der Waals surface area (Å²) in [4.78, 5) is 12.1. The summed E-state index contributed by atoms with van der Waals surface area (Å²) in [6.45, 7) is 1.54. The highest BCUT2D eigenvalue weighted by atomic mass is 16.2. The zero-order chi connectivity index (χ0) is 13.9. The Labute approximate surface area is 114 Å². The second-order valence-electron chi connectivity index (χ2n) is 4.45.